The molecule has 1 saturated heterocycles. The predicted molar refractivity (Wildman–Crippen MR) is 87.6 cm³/mol. The summed E-state index contributed by atoms with van der Waals surface area (Å²) in [6, 6.07) is 7.89. The number of thioether (sulfide) groups is 1. The average molecular weight is 317 g/mol. The van der Waals surface area contributed by atoms with Crippen LogP contribution in [0.25, 0.3) is 0 Å². The van der Waals surface area contributed by atoms with Gasteiger partial charge in [0.25, 0.3) is 0 Å². The molecule has 3 rings (SSSR count). The van der Waals surface area contributed by atoms with Crippen molar-refractivity contribution in [1.29, 1.82) is 0 Å². The highest BCUT2D eigenvalue weighted by Gasteiger charge is 2.58. The van der Waals surface area contributed by atoms with Gasteiger partial charge in [0.1, 0.15) is 5.60 Å². The molecule has 0 spiro atoms. The van der Waals surface area contributed by atoms with E-state index in [0.717, 1.165) is 16.3 Å². The van der Waals surface area contributed by atoms with E-state index in [1.807, 2.05) is 38.1 Å². The summed E-state index contributed by atoms with van der Waals surface area (Å²) >= 11 is 1.29. The molecule has 116 valence electrons. The van der Waals surface area contributed by atoms with Crippen molar-refractivity contribution in [3.05, 3.63) is 29.8 Å². The molecule has 1 aromatic carbocycles. The topological polar surface area (TPSA) is 55.7 Å². The van der Waals surface area contributed by atoms with E-state index < -0.39 is 16.3 Å². The van der Waals surface area contributed by atoms with Gasteiger partial charge < -0.3 is 4.74 Å². The van der Waals surface area contributed by atoms with E-state index in [1.165, 1.54) is 11.8 Å². The number of nitrogens with zero attached hydrogens (tertiary/aromatic N) is 1. The first-order valence-corrected chi connectivity index (χ1v) is 8.29. The number of para-hydroxylation sites is 1. The third kappa shape index (κ3) is 2.47. The lowest BCUT2D eigenvalue weighted by Crippen LogP contribution is -2.41. The van der Waals surface area contributed by atoms with Crippen LogP contribution in [0.2, 0.25) is 0 Å². The minimum Gasteiger partial charge on any atom is -0.458 e. The first kappa shape index (κ1) is 15.3. The minimum absolute atomic E-state index is 0.0771. The summed E-state index contributed by atoms with van der Waals surface area (Å²) in [5, 5.41) is 0.817. The van der Waals surface area contributed by atoms with Crippen molar-refractivity contribution in [2.45, 2.75) is 50.4 Å². The Hall–Kier alpha value is -1.62. The molecule has 1 unspecified atom stereocenters. The molecule has 0 amide bonds. The number of fused-ring (bicyclic) bond motifs is 1. The molecule has 0 saturated carbocycles. The Kier molecular flexibility index (Phi) is 3.63. The first-order chi connectivity index (χ1) is 10.4. The van der Waals surface area contributed by atoms with Gasteiger partial charge in [0.05, 0.1) is 10.7 Å². The Bertz CT molecular complexity index is 680. The van der Waals surface area contributed by atoms with Crippen molar-refractivity contribution >= 4 is 34.2 Å². The SMILES string of the molecule is CCC(=O)C1(SC2=Nc3ccccc3C2)CC(C)(C)OC1=O. The van der Waals surface area contributed by atoms with Gasteiger partial charge in [-0.15, -0.1) is 0 Å². The number of ether oxygens (including phenoxy) is 1. The number of Topliss-reactive ketones (excluding diaryl/α,β-unsaturated/α-hetero) is 1. The number of rotatable bonds is 3. The molecule has 0 aromatic heterocycles. The molecule has 0 radical (unpaired) electrons. The van der Waals surface area contributed by atoms with Gasteiger partial charge in [-0.05, 0) is 25.5 Å². The maximum Gasteiger partial charge on any atom is 0.330 e. The zero-order chi connectivity index (χ0) is 16.0. The molecule has 1 atom stereocenters. The Labute approximate surface area is 134 Å². The van der Waals surface area contributed by atoms with Crippen LogP contribution in [-0.4, -0.2) is 27.1 Å². The molecule has 4 nitrogen and oxygen atoms in total. The van der Waals surface area contributed by atoms with Crippen LogP contribution in [0.15, 0.2) is 29.3 Å². The number of benzene rings is 1. The quantitative estimate of drug-likeness (QED) is 0.633. The lowest BCUT2D eigenvalue weighted by atomic mass is 9.92. The number of cyclic esters (lactones) is 1. The van der Waals surface area contributed by atoms with E-state index >= 15 is 0 Å². The highest BCUT2D eigenvalue weighted by Crippen LogP contribution is 2.47. The Morgan fingerprint density at radius 1 is 1.36 bits per heavy atom. The number of esters is 1. The molecular formula is C17H19NO3S. The fourth-order valence-electron chi connectivity index (χ4n) is 3.04. The van der Waals surface area contributed by atoms with Gasteiger partial charge in [-0.1, -0.05) is 36.9 Å². The maximum atomic E-state index is 12.5. The van der Waals surface area contributed by atoms with Gasteiger partial charge in [0.15, 0.2) is 10.5 Å². The van der Waals surface area contributed by atoms with Gasteiger partial charge in [-0.2, -0.15) is 0 Å². The Morgan fingerprint density at radius 3 is 2.68 bits per heavy atom. The first-order valence-electron chi connectivity index (χ1n) is 7.47. The van der Waals surface area contributed by atoms with Crippen LogP contribution in [0.5, 0.6) is 0 Å². The predicted octanol–water partition coefficient (Wildman–Crippen LogP) is 3.45. The monoisotopic (exact) mass is 317 g/mol. The number of hydrogen-bond donors (Lipinski definition) is 0. The van der Waals surface area contributed by atoms with Gasteiger partial charge in [0.2, 0.25) is 0 Å². The molecule has 2 heterocycles. The van der Waals surface area contributed by atoms with Crippen LogP contribution in [-0.2, 0) is 20.7 Å². The van der Waals surface area contributed by atoms with Crippen molar-refractivity contribution in [3.8, 4) is 0 Å². The van der Waals surface area contributed by atoms with E-state index in [1.54, 1.807) is 6.92 Å². The van der Waals surface area contributed by atoms with Gasteiger partial charge in [-0.3, -0.25) is 9.59 Å². The number of aliphatic imine (C=N–C) groups is 1. The minimum atomic E-state index is -1.14. The summed E-state index contributed by atoms with van der Waals surface area (Å²) in [6.45, 7) is 5.48. The lowest BCUT2D eigenvalue weighted by molar-refractivity contribution is -0.148. The average Bonchev–Trinajstić information content (AvgIpc) is 2.96. The zero-order valence-corrected chi connectivity index (χ0v) is 13.8. The summed E-state index contributed by atoms with van der Waals surface area (Å²) < 4.78 is 4.30. The number of carbonyl (C=O) groups is 2. The van der Waals surface area contributed by atoms with Crippen LogP contribution < -0.4 is 0 Å². The highest BCUT2D eigenvalue weighted by molar-refractivity contribution is 8.16. The van der Waals surface area contributed by atoms with E-state index in [2.05, 4.69) is 4.99 Å². The zero-order valence-electron chi connectivity index (χ0n) is 13.0. The molecular weight excluding hydrogens is 298 g/mol. The lowest BCUT2D eigenvalue weighted by Gasteiger charge is -2.23. The summed E-state index contributed by atoms with van der Waals surface area (Å²) in [6.07, 6.45) is 1.39. The maximum absolute atomic E-state index is 12.5. The van der Waals surface area contributed by atoms with Crippen molar-refractivity contribution in [2.75, 3.05) is 0 Å². The third-order valence-electron chi connectivity index (χ3n) is 4.02. The third-order valence-corrected chi connectivity index (χ3v) is 5.37. The number of carbonyl (C=O) groups excluding carboxylic acids is 2. The summed E-state index contributed by atoms with van der Waals surface area (Å²) in [7, 11) is 0. The summed E-state index contributed by atoms with van der Waals surface area (Å²) in [4.78, 5) is 29.6. The highest BCUT2D eigenvalue weighted by atomic mass is 32.2. The molecule has 0 N–H and O–H groups in total. The number of ketones is 1. The van der Waals surface area contributed by atoms with Crippen molar-refractivity contribution in [1.82, 2.24) is 0 Å². The largest absolute Gasteiger partial charge is 0.458 e. The van der Waals surface area contributed by atoms with Gasteiger partial charge in [-0.25, -0.2) is 4.99 Å². The smallest absolute Gasteiger partial charge is 0.330 e. The van der Waals surface area contributed by atoms with Crippen LogP contribution >= 0.6 is 11.8 Å². The second-order valence-electron chi connectivity index (χ2n) is 6.34. The Balaban J connectivity index is 1.91. The van der Waals surface area contributed by atoms with Gasteiger partial charge >= 0.3 is 5.97 Å². The second kappa shape index (κ2) is 5.23. The van der Waals surface area contributed by atoms with E-state index in [4.69, 9.17) is 4.74 Å². The summed E-state index contributed by atoms with van der Waals surface area (Å²) in [5.74, 6) is -0.500. The molecule has 1 fully saturated rings. The Morgan fingerprint density at radius 2 is 2.09 bits per heavy atom. The van der Waals surface area contributed by atoms with E-state index in [9.17, 15) is 9.59 Å². The van der Waals surface area contributed by atoms with Crippen molar-refractivity contribution < 1.29 is 14.3 Å². The van der Waals surface area contributed by atoms with Crippen LogP contribution in [0, 0.1) is 0 Å². The van der Waals surface area contributed by atoms with E-state index in [-0.39, 0.29) is 5.78 Å². The van der Waals surface area contributed by atoms with Crippen LogP contribution in [0.4, 0.5) is 5.69 Å². The summed E-state index contributed by atoms with van der Waals surface area (Å²) in [5.41, 5.74) is 1.45. The van der Waals surface area contributed by atoms with E-state index in [0.29, 0.717) is 19.3 Å². The fourth-order valence-corrected chi connectivity index (χ4v) is 4.62. The van der Waals surface area contributed by atoms with Crippen LogP contribution in [0.3, 0.4) is 0 Å². The number of hydrogen-bond acceptors (Lipinski definition) is 5. The van der Waals surface area contributed by atoms with Crippen molar-refractivity contribution in [2.24, 2.45) is 4.99 Å². The molecule has 2 aliphatic rings. The van der Waals surface area contributed by atoms with Crippen molar-refractivity contribution in [3.63, 3.8) is 0 Å². The standard InChI is InChI=1S/C17H19NO3S/c1-4-13(19)17(10-16(2,3)21-15(17)20)22-14-9-11-7-5-6-8-12(11)18-14/h5-8H,4,9-10H2,1-3H3. The molecule has 0 aliphatic carbocycles. The fraction of sp³-hybridized carbons (Fsp3) is 0.471. The van der Waals surface area contributed by atoms with Gasteiger partial charge in [0, 0.05) is 19.3 Å². The van der Waals surface area contributed by atoms with Crippen LogP contribution in [0.1, 0.15) is 39.2 Å². The normalized spacial score (nSPS) is 25.6. The molecule has 0 bridgehead atoms. The molecule has 1 aromatic rings. The molecule has 22 heavy (non-hydrogen) atoms. The second-order valence-corrected chi connectivity index (χ2v) is 7.72. The molecule has 5 heteroatoms. The molecule has 2 aliphatic heterocycles.